The summed E-state index contributed by atoms with van der Waals surface area (Å²) in [5.74, 6) is -0.706. The molecule has 0 saturated carbocycles. The fourth-order valence-corrected chi connectivity index (χ4v) is 2.24. The topological polar surface area (TPSA) is 63.6 Å². The van der Waals surface area contributed by atoms with Crippen LogP contribution in [0.2, 0.25) is 0 Å². The predicted octanol–water partition coefficient (Wildman–Crippen LogP) is 1.21. The minimum absolute atomic E-state index is 0.0629. The minimum atomic E-state index is -1.61. The Balaban J connectivity index is 2.08. The van der Waals surface area contributed by atoms with Gasteiger partial charge in [-0.15, -0.1) is 0 Å². The average molecular weight is 242 g/mol. The fraction of sp³-hybridized carbons (Fsp3) is 0.143. The number of hydrogen-bond acceptors (Lipinski definition) is 4. The van der Waals surface area contributed by atoms with Crippen molar-refractivity contribution in [1.82, 2.24) is 0 Å². The number of hydrogen-bond donors (Lipinski definition) is 1. The van der Waals surface area contributed by atoms with E-state index in [4.69, 9.17) is 4.74 Å². The van der Waals surface area contributed by atoms with Crippen LogP contribution in [0.3, 0.4) is 0 Å². The number of allylic oxidation sites excluding steroid dienone is 1. The van der Waals surface area contributed by atoms with Crippen molar-refractivity contribution in [3.8, 4) is 0 Å². The average Bonchev–Trinajstić information content (AvgIpc) is 2.70. The maximum absolute atomic E-state index is 12.0. The minimum Gasteiger partial charge on any atom is -0.423 e. The van der Waals surface area contributed by atoms with E-state index in [2.05, 4.69) is 0 Å². The molecule has 1 aromatic rings. The molecular weight excluding hydrogens is 232 g/mol. The summed E-state index contributed by atoms with van der Waals surface area (Å²) < 4.78 is 4.86. The zero-order valence-electron chi connectivity index (χ0n) is 9.42. The lowest BCUT2D eigenvalue weighted by atomic mass is 9.79. The number of carbonyl (C=O) groups excluding carboxylic acids is 2. The standard InChI is InChI=1S/C14H10O4/c15-12-7-11-9(6-13(16)18-11)8-14(12,17)10-4-2-1-3-5-10/h1-7,17H,8H2. The molecule has 0 spiro atoms. The number of fused-ring (bicyclic) bond motifs is 1. The lowest BCUT2D eigenvalue weighted by Crippen LogP contribution is -2.37. The van der Waals surface area contributed by atoms with Gasteiger partial charge in [0.25, 0.3) is 0 Å². The molecule has 3 rings (SSSR count). The van der Waals surface area contributed by atoms with Gasteiger partial charge < -0.3 is 9.84 Å². The second-order valence-corrected chi connectivity index (χ2v) is 4.37. The second-order valence-electron chi connectivity index (χ2n) is 4.37. The molecule has 1 atom stereocenters. The van der Waals surface area contributed by atoms with E-state index in [1.807, 2.05) is 6.07 Å². The molecule has 18 heavy (non-hydrogen) atoms. The highest BCUT2D eigenvalue weighted by Crippen LogP contribution is 2.39. The van der Waals surface area contributed by atoms with Gasteiger partial charge in [0.05, 0.1) is 0 Å². The Labute approximate surface area is 103 Å². The summed E-state index contributed by atoms with van der Waals surface area (Å²) in [7, 11) is 0. The first-order valence-electron chi connectivity index (χ1n) is 5.56. The fourth-order valence-electron chi connectivity index (χ4n) is 2.24. The number of benzene rings is 1. The molecule has 90 valence electrons. The van der Waals surface area contributed by atoms with Gasteiger partial charge in [0.15, 0.2) is 11.4 Å². The van der Waals surface area contributed by atoms with E-state index < -0.39 is 17.4 Å². The normalized spacial score (nSPS) is 26.3. The molecule has 0 aromatic heterocycles. The van der Waals surface area contributed by atoms with Crippen molar-refractivity contribution in [2.45, 2.75) is 12.0 Å². The molecule has 1 N–H and O–H groups in total. The smallest absolute Gasteiger partial charge is 0.336 e. The van der Waals surface area contributed by atoms with E-state index in [1.165, 1.54) is 12.2 Å². The van der Waals surface area contributed by atoms with Gasteiger partial charge in [0.2, 0.25) is 0 Å². The quantitative estimate of drug-likeness (QED) is 0.752. The maximum Gasteiger partial charge on any atom is 0.336 e. The third kappa shape index (κ3) is 1.50. The molecule has 1 heterocycles. The van der Waals surface area contributed by atoms with Crippen molar-refractivity contribution >= 4 is 11.8 Å². The van der Waals surface area contributed by atoms with Crippen molar-refractivity contribution in [1.29, 1.82) is 0 Å². The summed E-state index contributed by atoms with van der Waals surface area (Å²) in [6.45, 7) is 0. The second kappa shape index (κ2) is 3.65. The molecule has 2 aliphatic rings. The Morgan fingerprint density at radius 1 is 1.11 bits per heavy atom. The third-order valence-corrected chi connectivity index (χ3v) is 3.19. The summed E-state index contributed by atoms with van der Waals surface area (Å²) in [5.41, 5.74) is -0.526. The van der Waals surface area contributed by atoms with Crippen LogP contribution < -0.4 is 0 Å². The van der Waals surface area contributed by atoms with Crippen LogP contribution in [0, 0.1) is 0 Å². The summed E-state index contributed by atoms with van der Waals surface area (Å²) >= 11 is 0. The number of ether oxygens (including phenoxy) is 1. The highest BCUT2D eigenvalue weighted by Gasteiger charge is 2.43. The van der Waals surface area contributed by atoms with E-state index in [0.29, 0.717) is 11.1 Å². The van der Waals surface area contributed by atoms with E-state index in [1.54, 1.807) is 24.3 Å². The number of ketones is 1. The Morgan fingerprint density at radius 2 is 1.83 bits per heavy atom. The zero-order chi connectivity index (χ0) is 12.8. The molecule has 4 heteroatoms. The lowest BCUT2D eigenvalue weighted by Gasteiger charge is -2.29. The molecule has 0 amide bonds. The molecule has 1 unspecified atom stereocenters. The van der Waals surface area contributed by atoms with Gasteiger partial charge in [0, 0.05) is 24.1 Å². The van der Waals surface area contributed by atoms with E-state index in [0.717, 1.165) is 0 Å². The maximum atomic E-state index is 12.0. The van der Waals surface area contributed by atoms with Crippen molar-refractivity contribution in [2.24, 2.45) is 0 Å². The molecule has 0 bridgehead atoms. The first-order chi connectivity index (χ1) is 8.59. The summed E-state index contributed by atoms with van der Waals surface area (Å²) in [6.07, 6.45) is 2.56. The van der Waals surface area contributed by atoms with Crippen LogP contribution >= 0.6 is 0 Å². The largest absolute Gasteiger partial charge is 0.423 e. The molecule has 0 radical (unpaired) electrons. The molecule has 4 nitrogen and oxygen atoms in total. The van der Waals surface area contributed by atoms with E-state index in [9.17, 15) is 14.7 Å². The summed E-state index contributed by atoms with van der Waals surface area (Å²) in [4.78, 5) is 23.2. The molecule has 1 aromatic carbocycles. The Kier molecular flexibility index (Phi) is 2.21. The van der Waals surface area contributed by atoms with Crippen molar-refractivity contribution in [2.75, 3.05) is 0 Å². The van der Waals surface area contributed by atoms with Crippen LogP contribution in [0.15, 0.2) is 53.8 Å². The number of carbonyl (C=O) groups is 2. The molecule has 1 aliphatic heterocycles. The van der Waals surface area contributed by atoms with Crippen molar-refractivity contribution in [3.05, 3.63) is 59.4 Å². The van der Waals surface area contributed by atoms with Crippen LogP contribution in [-0.4, -0.2) is 16.9 Å². The van der Waals surface area contributed by atoms with Crippen LogP contribution in [0.1, 0.15) is 12.0 Å². The van der Waals surface area contributed by atoms with Crippen molar-refractivity contribution < 1.29 is 19.4 Å². The highest BCUT2D eigenvalue weighted by atomic mass is 16.5. The van der Waals surface area contributed by atoms with Crippen LogP contribution in [0.5, 0.6) is 0 Å². The van der Waals surface area contributed by atoms with Crippen LogP contribution in [-0.2, 0) is 19.9 Å². The van der Waals surface area contributed by atoms with E-state index >= 15 is 0 Å². The Bertz CT molecular complexity index is 597. The predicted molar refractivity (Wildman–Crippen MR) is 62.2 cm³/mol. The monoisotopic (exact) mass is 242 g/mol. The molecule has 1 aliphatic carbocycles. The number of esters is 1. The van der Waals surface area contributed by atoms with Crippen LogP contribution in [0.25, 0.3) is 0 Å². The summed E-state index contributed by atoms with van der Waals surface area (Å²) in [6, 6.07) is 8.70. The van der Waals surface area contributed by atoms with E-state index in [-0.39, 0.29) is 12.2 Å². The van der Waals surface area contributed by atoms with Gasteiger partial charge in [-0.3, -0.25) is 4.79 Å². The SMILES string of the molecule is O=C1C=C2CC(O)(c3ccccc3)C(=O)C=C2O1. The van der Waals surface area contributed by atoms with Crippen molar-refractivity contribution in [3.63, 3.8) is 0 Å². The Hall–Kier alpha value is -2.20. The molecule has 0 saturated heterocycles. The van der Waals surface area contributed by atoms with Gasteiger partial charge in [0.1, 0.15) is 5.76 Å². The third-order valence-electron chi connectivity index (χ3n) is 3.19. The van der Waals surface area contributed by atoms with Gasteiger partial charge >= 0.3 is 5.97 Å². The lowest BCUT2D eigenvalue weighted by molar-refractivity contribution is -0.135. The first kappa shape index (κ1) is 10.9. The number of rotatable bonds is 1. The van der Waals surface area contributed by atoms with Crippen LogP contribution in [0.4, 0.5) is 0 Å². The first-order valence-corrected chi connectivity index (χ1v) is 5.56. The Morgan fingerprint density at radius 3 is 2.56 bits per heavy atom. The van der Waals surface area contributed by atoms with Gasteiger partial charge in [-0.1, -0.05) is 30.3 Å². The summed E-state index contributed by atoms with van der Waals surface area (Å²) in [5, 5.41) is 10.5. The molecular formula is C14H10O4. The zero-order valence-corrected chi connectivity index (χ0v) is 9.42. The highest BCUT2D eigenvalue weighted by molar-refractivity contribution is 6.02. The van der Waals surface area contributed by atoms with Gasteiger partial charge in [-0.25, -0.2) is 4.79 Å². The number of aliphatic hydroxyl groups is 1. The van der Waals surface area contributed by atoms with Gasteiger partial charge in [-0.05, 0) is 5.56 Å². The van der Waals surface area contributed by atoms with Gasteiger partial charge in [-0.2, -0.15) is 0 Å². The molecule has 0 fully saturated rings.